The van der Waals surface area contributed by atoms with E-state index in [0.717, 1.165) is 11.3 Å². The van der Waals surface area contributed by atoms with E-state index in [9.17, 15) is 9.59 Å². The van der Waals surface area contributed by atoms with Crippen LogP contribution in [0, 0.1) is 6.92 Å². The van der Waals surface area contributed by atoms with E-state index in [1.807, 2.05) is 37.3 Å². The Morgan fingerprint density at radius 2 is 1.82 bits per heavy atom. The number of amides is 1. The second kappa shape index (κ2) is 7.41. The molecule has 0 radical (unpaired) electrons. The van der Waals surface area contributed by atoms with Crippen molar-refractivity contribution < 1.29 is 9.59 Å². The Kier molecular flexibility index (Phi) is 5.31. The van der Waals surface area contributed by atoms with E-state index in [1.54, 1.807) is 18.2 Å². The third-order valence-electron chi connectivity index (χ3n) is 3.29. The molecule has 0 unspecified atom stereocenters. The number of carbonyl (C=O) groups excluding carboxylic acids is 2. The molecule has 0 aliphatic rings. The lowest BCUT2D eigenvalue weighted by atomic mass is 10.1. The summed E-state index contributed by atoms with van der Waals surface area (Å²) in [5.41, 5.74) is 3.64. The number of aryl methyl sites for hydroxylation is 1. The molecule has 2 aromatic carbocycles. The van der Waals surface area contributed by atoms with Crippen LogP contribution in [0.25, 0.3) is 0 Å². The first kappa shape index (κ1) is 15.8. The molecule has 4 nitrogen and oxygen atoms in total. The minimum absolute atomic E-state index is 0.00699. The summed E-state index contributed by atoms with van der Waals surface area (Å²) >= 11 is 0. The van der Waals surface area contributed by atoms with Gasteiger partial charge in [0.1, 0.15) is 0 Å². The normalized spacial score (nSPS) is 10.1. The number of hydrogen-bond acceptors (Lipinski definition) is 3. The molecule has 0 aromatic heterocycles. The van der Waals surface area contributed by atoms with E-state index < -0.39 is 0 Å². The average Bonchev–Trinajstić information content (AvgIpc) is 2.51. The van der Waals surface area contributed by atoms with Gasteiger partial charge in [-0.1, -0.05) is 42.0 Å². The van der Waals surface area contributed by atoms with Gasteiger partial charge in [-0.15, -0.1) is 0 Å². The Morgan fingerprint density at radius 3 is 2.55 bits per heavy atom. The molecule has 0 bridgehead atoms. The molecule has 2 rings (SSSR count). The van der Waals surface area contributed by atoms with Crippen LogP contribution >= 0.6 is 0 Å². The molecule has 0 fully saturated rings. The Balaban J connectivity index is 1.83. The monoisotopic (exact) mass is 296 g/mol. The van der Waals surface area contributed by atoms with Crippen LogP contribution in [0.5, 0.6) is 0 Å². The van der Waals surface area contributed by atoms with Crippen molar-refractivity contribution in [1.29, 1.82) is 0 Å². The first-order valence-corrected chi connectivity index (χ1v) is 7.22. The van der Waals surface area contributed by atoms with Gasteiger partial charge in [-0.05, 0) is 31.5 Å². The van der Waals surface area contributed by atoms with Crippen molar-refractivity contribution in [3.63, 3.8) is 0 Å². The molecule has 0 heterocycles. The molecule has 0 aliphatic carbocycles. The molecule has 2 N–H and O–H groups in total. The van der Waals surface area contributed by atoms with Crippen LogP contribution in [0.2, 0.25) is 0 Å². The zero-order valence-corrected chi connectivity index (χ0v) is 12.8. The van der Waals surface area contributed by atoms with Gasteiger partial charge in [0.25, 0.3) is 0 Å². The zero-order valence-electron chi connectivity index (χ0n) is 12.8. The van der Waals surface area contributed by atoms with E-state index >= 15 is 0 Å². The summed E-state index contributed by atoms with van der Waals surface area (Å²) in [7, 11) is 0. The minimum Gasteiger partial charge on any atom is -0.376 e. The van der Waals surface area contributed by atoms with Crippen LogP contribution in [0.4, 0.5) is 5.69 Å². The van der Waals surface area contributed by atoms with E-state index in [2.05, 4.69) is 10.6 Å². The summed E-state index contributed by atoms with van der Waals surface area (Å²) in [4.78, 5) is 23.2. The highest BCUT2D eigenvalue weighted by Crippen LogP contribution is 2.10. The maximum Gasteiger partial charge on any atom is 0.239 e. The summed E-state index contributed by atoms with van der Waals surface area (Å²) in [5.74, 6) is -0.0812. The minimum atomic E-state index is -0.0882. The lowest BCUT2D eigenvalue weighted by molar-refractivity contribution is -0.119. The zero-order chi connectivity index (χ0) is 15.9. The van der Waals surface area contributed by atoms with Gasteiger partial charge >= 0.3 is 0 Å². The number of nitrogens with one attached hydrogen (secondary N) is 2. The van der Waals surface area contributed by atoms with Crippen molar-refractivity contribution in [2.24, 2.45) is 0 Å². The smallest absolute Gasteiger partial charge is 0.239 e. The highest BCUT2D eigenvalue weighted by atomic mass is 16.2. The largest absolute Gasteiger partial charge is 0.376 e. The first-order valence-electron chi connectivity index (χ1n) is 7.22. The van der Waals surface area contributed by atoms with Gasteiger partial charge in [0.05, 0.1) is 6.54 Å². The Labute approximate surface area is 130 Å². The molecule has 114 valence electrons. The summed E-state index contributed by atoms with van der Waals surface area (Å²) in [6.45, 7) is 4.23. The second-order valence-corrected chi connectivity index (χ2v) is 5.26. The summed E-state index contributed by atoms with van der Waals surface area (Å²) in [5, 5.41) is 5.89. The Bertz CT molecular complexity index is 680. The number of ketones is 1. The van der Waals surface area contributed by atoms with E-state index in [-0.39, 0.29) is 18.2 Å². The van der Waals surface area contributed by atoms with Crippen molar-refractivity contribution in [1.82, 2.24) is 5.32 Å². The van der Waals surface area contributed by atoms with Crippen molar-refractivity contribution >= 4 is 17.4 Å². The van der Waals surface area contributed by atoms with Crippen molar-refractivity contribution in [3.05, 3.63) is 65.2 Å². The lowest BCUT2D eigenvalue weighted by Crippen LogP contribution is -2.29. The van der Waals surface area contributed by atoms with Crippen molar-refractivity contribution in [2.45, 2.75) is 20.4 Å². The van der Waals surface area contributed by atoms with Gasteiger partial charge in [0.2, 0.25) is 5.91 Å². The topological polar surface area (TPSA) is 58.2 Å². The maximum atomic E-state index is 11.9. The van der Waals surface area contributed by atoms with E-state index in [1.165, 1.54) is 12.5 Å². The number of rotatable bonds is 6. The predicted molar refractivity (Wildman–Crippen MR) is 88.0 cm³/mol. The van der Waals surface area contributed by atoms with Gasteiger partial charge in [0, 0.05) is 17.8 Å². The second-order valence-electron chi connectivity index (χ2n) is 5.26. The lowest BCUT2D eigenvalue weighted by Gasteiger charge is -2.09. The molecule has 0 spiro atoms. The van der Waals surface area contributed by atoms with Gasteiger partial charge in [-0.3, -0.25) is 9.59 Å². The maximum absolute atomic E-state index is 11.9. The number of anilines is 1. The van der Waals surface area contributed by atoms with Crippen LogP contribution < -0.4 is 10.6 Å². The van der Waals surface area contributed by atoms with Crippen LogP contribution in [-0.4, -0.2) is 18.2 Å². The van der Waals surface area contributed by atoms with E-state index in [0.29, 0.717) is 12.1 Å². The van der Waals surface area contributed by atoms with Gasteiger partial charge in [0.15, 0.2) is 5.78 Å². The van der Waals surface area contributed by atoms with Crippen LogP contribution in [-0.2, 0) is 11.3 Å². The van der Waals surface area contributed by atoms with Gasteiger partial charge < -0.3 is 10.6 Å². The quantitative estimate of drug-likeness (QED) is 0.806. The summed E-state index contributed by atoms with van der Waals surface area (Å²) < 4.78 is 0. The Morgan fingerprint density at radius 1 is 1.05 bits per heavy atom. The van der Waals surface area contributed by atoms with Crippen LogP contribution in [0.3, 0.4) is 0 Å². The fourth-order valence-electron chi connectivity index (χ4n) is 2.12. The van der Waals surface area contributed by atoms with Crippen LogP contribution in [0.1, 0.15) is 28.4 Å². The molecule has 22 heavy (non-hydrogen) atoms. The SMILES string of the molecule is CC(=O)c1cccc(NCC(=O)NCc2cccc(C)c2)c1. The molecule has 2 aromatic rings. The molecule has 0 atom stereocenters. The molecule has 1 amide bonds. The molecular formula is C18H20N2O2. The molecule has 0 saturated heterocycles. The number of hydrogen-bond donors (Lipinski definition) is 2. The summed E-state index contributed by atoms with van der Waals surface area (Å²) in [6.07, 6.45) is 0. The number of carbonyl (C=O) groups is 2. The fraction of sp³-hybridized carbons (Fsp3) is 0.222. The molecular weight excluding hydrogens is 276 g/mol. The highest BCUT2D eigenvalue weighted by Gasteiger charge is 2.03. The van der Waals surface area contributed by atoms with Gasteiger partial charge in [-0.25, -0.2) is 0 Å². The molecule has 0 aliphatic heterocycles. The third kappa shape index (κ3) is 4.74. The van der Waals surface area contributed by atoms with Crippen LogP contribution in [0.15, 0.2) is 48.5 Å². The number of Topliss-reactive ketones (excluding diaryl/α,β-unsaturated/α-hetero) is 1. The highest BCUT2D eigenvalue weighted by molar-refractivity contribution is 5.95. The molecule has 4 heteroatoms. The summed E-state index contributed by atoms with van der Waals surface area (Å²) in [6, 6.07) is 15.2. The third-order valence-corrected chi connectivity index (χ3v) is 3.29. The fourth-order valence-corrected chi connectivity index (χ4v) is 2.12. The standard InChI is InChI=1S/C18H20N2O2/c1-13-5-3-6-15(9-13)11-20-18(22)12-19-17-8-4-7-16(10-17)14(2)21/h3-10,19H,11-12H2,1-2H3,(H,20,22). The predicted octanol–water partition coefficient (Wildman–Crippen LogP) is 2.93. The average molecular weight is 296 g/mol. The number of benzene rings is 2. The Hall–Kier alpha value is -2.62. The van der Waals surface area contributed by atoms with Crippen molar-refractivity contribution in [2.75, 3.05) is 11.9 Å². The molecule has 0 saturated carbocycles. The van der Waals surface area contributed by atoms with Crippen molar-refractivity contribution in [3.8, 4) is 0 Å². The first-order chi connectivity index (χ1) is 10.5. The van der Waals surface area contributed by atoms with Gasteiger partial charge in [-0.2, -0.15) is 0 Å². The van der Waals surface area contributed by atoms with E-state index in [4.69, 9.17) is 0 Å².